The molecule has 0 amide bonds. The van der Waals surface area contributed by atoms with E-state index in [0.29, 0.717) is 33.9 Å². The second kappa shape index (κ2) is 11.2. The van der Waals surface area contributed by atoms with Crippen LogP contribution in [-0.2, 0) is 6.61 Å². The van der Waals surface area contributed by atoms with Crippen LogP contribution in [0.25, 0.3) is 5.69 Å². The van der Waals surface area contributed by atoms with Crippen LogP contribution in [-0.4, -0.2) is 26.2 Å². The van der Waals surface area contributed by atoms with Gasteiger partial charge in [0.25, 0.3) is 0 Å². The number of thioether (sulfide) groups is 1. The van der Waals surface area contributed by atoms with Crippen molar-refractivity contribution in [3.05, 3.63) is 109 Å². The number of rotatable bonds is 9. The molecule has 4 aromatic rings. The van der Waals surface area contributed by atoms with E-state index in [1.54, 1.807) is 12.1 Å². The Morgan fingerprint density at radius 1 is 1.09 bits per heavy atom. The summed E-state index contributed by atoms with van der Waals surface area (Å²) < 4.78 is 8.76. The third-order valence-corrected chi connectivity index (χ3v) is 7.29. The summed E-state index contributed by atoms with van der Waals surface area (Å²) in [5.41, 5.74) is 3.75. The molecule has 0 unspecified atom stereocenters. The van der Waals surface area contributed by atoms with Gasteiger partial charge in [-0.2, -0.15) is 0 Å². The minimum atomic E-state index is -0.518. The molecule has 0 fully saturated rings. The second-order valence-electron chi connectivity index (χ2n) is 7.93. The van der Waals surface area contributed by atoms with E-state index in [0.717, 1.165) is 21.3 Å². The third kappa shape index (κ3) is 6.42. The summed E-state index contributed by atoms with van der Waals surface area (Å²) in [5.74, 6) is 1.22. The van der Waals surface area contributed by atoms with Gasteiger partial charge < -0.3 is 4.74 Å². The highest BCUT2D eigenvalue weighted by atomic mass is 79.9. The fourth-order valence-electron chi connectivity index (χ4n) is 3.46. The molecule has 0 saturated carbocycles. The van der Waals surface area contributed by atoms with Crippen molar-refractivity contribution in [2.24, 2.45) is 0 Å². The lowest BCUT2D eigenvalue weighted by Crippen LogP contribution is -2.11. The number of hydrogen-bond acceptors (Lipinski definition) is 6. The minimum absolute atomic E-state index is 0.292. The zero-order chi connectivity index (χ0) is 24.9. The Morgan fingerprint density at radius 3 is 2.46 bits per heavy atom. The maximum absolute atomic E-state index is 11.5. The van der Waals surface area contributed by atoms with Gasteiger partial charge in [0.1, 0.15) is 23.4 Å². The molecule has 0 bridgehead atoms. The first-order valence-corrected chi connectivity index (χ1v) is 12.8. The quantitative estimate of drug-likeness (QED) is 0.122. The molecule has 3 aromatic carbocycles. The van der Waals surface area contributed by atoms with Crippen molar-refractivity contribution in [1.82, 2.24) is 14.8 Å². The zero-order valence-electron chi connectivity index (χ0n) is 19.0. The Hall–Kier alpha value is -2.88. The third-order valence-electron chi connectivity index (χ3n) is 5.29. The van der Waals surface area contributed by atoms with E-state index in [2.05, 4.69) is 26.1 Å². The number of hydrogen-bond donors (Lipinski definition) is 0. The van der Waals surface area contributed by atoms with Gasteiger partial charge in [0, 0.05) is 15.1 Å². The minimum Gasteiger partial charge on any atom is -0.487 e. The number of benzene rings is 3. The highest BCUT2D eigenvalue weighted by molar-refractivity contribution is 9.10. The van der Waals surface area contributed by atoms with Gasteiger partial charge in [0.2, 0.25) is 6.54 Å². The summed E-state index contributed by atoms with van der Waals surface area (Å²) in [6, 6.07) is 21.1. The molecular formula is C25H22BrClN4O3S. The maximum Gasteiger partial charge on any atom is 0.220 e. The average Bonchev–Trinajstić information content (AvgIpc) is 3.19. The van der Waals surface area contributed by atoms with Crippen molar-refractivity contribution < 1.29 is 9.66 Å². The molecule has 1 atom stereocenters. The van der Waals surface area contributed by atoms with Crippen LogP contribution < -0.4 is 4.74 Å². The molecule has 0 radical (unpaired) electrons. The van der Waals surface area contributed by atoms with Crippen LogP contribution in [0.5, 0.6) is 5.75 Å². The monoisotopic (exact) mass is 572 g/mol. The van der Waals surface area contributed by atoms with Crippen molar-refractivity contribution in [3.8, 4) is 11.4 Å². The Kier molecular flexibility index (Phi) is 8.10. The average molecular weight is 574 g/mol. The largest absolute Gasteiger partial charge is 0.487 e. The molecule has 4 rings (SSSR count). The lowest BCUT2D eigenvalue weighted by Gasteiger charge is -2.16. The van der Waals surface area contributed by atoms with Gasteiger partial charge in [-0.05, 0) is 61.4 Å². The molecule has 0 saturated heterocycles. The number of aromatic nitrogens is 3. The summed E-state index contributed by atoms with van der Waals surface area (Å²) in [4.78, 5) is 11.2. The second-order valence-corrected chi connectivity index (χ2v) is 10.4. The van der Waals surface area contributed by atoms with E-state index in [9.17, 15) is 10.1 Å². The van der Waals surface area contributed by atoms with E-state index >= 15 is 0 Å². The predicted molar refractivity (Wildman–Crippen MR) is 141 cm³/mol. The molecule has 0 spiro atoms. The van der Waals surface area contributed by atoms with Gasteiger partial charge in [-0.25, -0.2) is 0 Å². The first kappa shape index (κ1) is 25.2. The van der Waals surface area contributed by atoms with Crippen molar-refractivity contribution in [2.45, 2.75) is 30.9 Å². The molecule has 1 aromatic heterocycles. The van der Waals surface area contributed by atoms with E-state index in [4.69, 9.17) is 16.3 Å². The lowest BCUT2D eigenvalue weighted by molar-refractivity contribution is -0.479. The first-order valence-electron chi connectivity index (χ1n) is 10.7. The standard InChI is InChI=1S/C25H22BrClN4O3S/c1-16-3-10-21(11-4-16)31-17(2)28-29-25(31)35-24(14-30(32)33)19-7-12-23(22(27)13-19)34-15-18-5-8-20(26)9-6-18/h3-13,24H,14-15H2,1-2H3/t24-/m0/s1. The number of halogens is 2. The molecule has 10 heteroatoms. The fourth-order valence-corrected chi connectivity index (χ4v) is 5.13. The normalized spacial score (nSPS) is 11.9. The molecule has 7 nitrogen and oxygen atoms in total. The summed E-state index contributed by atoms with van der Waals surface area (Å²) in [6.45, 7) is 3.94. The van der Waals surface area contributed by atoms with Gasteiger partial charge in [-0.3, -0.25) is 14.7 Å². The molecule has 0 aliphatic rings. The number of aryl methyl sites for hydroxylation is 2. The Balaban J connectivity index is 1.56. The van der Waals surface area contributed by atoms with Crippen molar-refractivity contribution >= 4 is 39.3 Å². The topological polar surface area (TPSA) is 83.1 Å². The summed E-state index contributed by atoms with van der Waals surface area (Å²) in [5, 5.41) is 20.4. The highest BCUT2D eigenvalue weighted by Crippen LogP contribution is 2.38. The van der Waals surface area contributed by atoms with Crippen LogP contribution >= 0.6 is 39.3 Å². The molecule has 180 valence electrons. The van der Waals surface area contributed by atoms with Crippen LogP contribution in [0.15, 0.2) is 76.4 Å². The number of nitro groups is 1. The molecule has 0 N–H and O–H groups in total. The van der Waals surface area contributed by atoms with E-state index in [1.807, 2.05) is 73.0 Å². The SMILES string of the molecule is Cc1ccc(-n2c(C)nnc2S[C@@H](C[N+](=O)[O-])c2ccc(OCc3ccc(Br)cc3)c(Cl)c2)cc1. The van der Waals surface area contributed by atoms with Crippen LogP contribution in [0.2, 0.25) is 5.02 Å². The van der Waals surface area contributed by atoms with Crippen molar-refractivity contribution in [1.29, 1.82) is 0 Å². The highest BCUT2D eigenvalue weighted by Gasteiger charge is 2.24. The van der Waals surface area contributed by atoms with Gasteiger partial charge in [0.05, 0.1) is 5.02 Å². The van der Waals surface area contributed by atoms with Crippen molar-refractivity contribution in [3.63, 3.8) is 0 Å². The van der Waals surface area contributed by atoms with Crippen molar-refractivity contribution in [2.75, 3.05) is 6.54 Å². The summed E-state index contributed by atoms with van der Waals surface area (Å²) in [7, 11) is 0. The maximum atomic E-state index is 11.5. The van der Waals surface area contributed by atoms with Gasteiger partial charge >= 0.3 is 0 Å². The fraction of sp³-hybridized carbons (Fsp3) is 0.200. The molecule has 1 heterocycles. The van der Waals surface area contributed by atoms with Crippen LogP contribution in [0.1, 0.15) is 27.8 Å². The number of nitrogens with zero attached hydrogens (tertiary/aromatic N) is 4. The van der Waals surface area contributed by atoms with Crippen LogP contribution in [0.3, 0.4) is 0 Å². The molecule has 0 aliphatic heterocycles. The zero-order valence-corrected chi connectivity index (χ0v) is 22.2. The van der Waals surface area contributed by atoms with Gasteiger partial charge in [0.15, 0.2) is 5.16 Å². The number of ether oxygens (including phenoxy) is 1. The first-order chi connectivity index (χ1) is 16.8. The Bertz CT molecular complexity index is 1330. The lowest BCUT2D eigenvalue weighted by atomic mass is 10.1. The smallest absolute Gasteiger partial charge is 0.220 e. The van der Waals surface area contributed by atoms with E-state index in [1.165, 1.54) is 11.8 Å². The molecular weight excluding hydrogens is 552 g/mol. The van der Waals surface area contributed by atoms with E-state index in [-0.39, 0.29) is 11.5 Å². The predicted octanol–water partition coefficient (Wildman–Crippen LogP) is 6.99. The van der Waals surface area contributed by atoms with Gasteiger partial charge in [-0.15, -0.1) is 10.2 Å². The molecule has 35 heavy (non-hydrogen) atoms. The van der Waals surface area contributed by atoms with Crippen LogP contribution in [0.4, 0.5) is 0 Å². The van der Waals surface area contributed by atoms with Gasteiger partial charge in [-0.1, -0.05) is 75.2 Å². The van der Waals surface area contributed by atoms with E-state index < -0.39 is 5.25 Å². The van der Waals surface area contributed by atoms with Crippen LogP contribution in [0, 0.1) is 24.0 Å². The molecule has 0 aliphatic carbocycles. The summed E-state index contributed by atoms with van der Waals surface area (Å²) in [6.07, 6.45) is 0. The Labute approximate surface area is 220 Å². The Morgan fingerprint density at radius 2 is 1.80 bits per heavy atom. The summed E-state index contributed by atoms with van der Waals surface area (Å²) >= 11 is 11.2.